The molecule has 0 aliphatic carbocycles. The van der Waals surface area contributed by atoms with Gasteiger partial charge < -0.3 is 10.2 Å². The van der Waals surface area contributed by atoms with E-state index in [1.807, 2.05) is 18.2 Å². The first kappa shape index (κ1) is 22.3. The normalized spacial score (nSPS) is 15.2. The predicted octanol–water partition coefficient (Wildman–Crippen LogP) is 5.86. The van der Waals surface area contributed by atoms with Crippen LogP contribution in [0.4, 0.5) is 5.69 Å². The summed E-state index contributed by atoms with van der Waals surface area (Å²) in [5, 5.41) is 11.8. The molecule has 1 aliphatic rings. The van der Waals surface area contributed by atoms with Crippen LogP contribution in [-0.2, 0) is 6.54 Å². The highest BCUT2D eigenvalue weighted by molar-refractivity contribution is 6.30. The SMILES string of the molecule is CN1CCN(Cc2ccc(-c3ccc(/C=C/C(=N)Nc4ccc(Cl)cc4)cc3)cc2)CC1. The van der Waals surface area contributed by atoms with E-state index in [1.54, 1.807) is 18.2 Å². The van der Waals surface area contributed by atoms with Crippen molar-refractivity contribution in [3.8, 4) is 11.1 Å². The fourth-order valence-corrected chi connectivity index (χ4v) is 3.89. The Bertz CT molecular complexity index is 1050. The molecule has 1 saturated heterocycles. The molecule has 1 fully saturated rings. The molecule has 164 valence electrons. The van der Waals surface area contributed by atoms with Crippen molar-refractivity contribution >= 4 is 29.2 Å². The number of rotatable bonds is 6. The molecule has 4 nitrogen and oxygen atoms in total. The number of halogens is 1. The number of nitrogens with one attached hydrogen (secondary N) is 2. The second-order valence-corrected chi connectivity index (χ2v) is 8.71. The first-order valence-corrected chi connectivity index (χ1v) is 11.3. The van der Waals surface area contributed by atoms with Gasteiger partial charge in [-0.1, -0.05) is 66.2 Å². The highest BCUT2D eigenvalue weighted by Gasteiger charge is 2.13. The number of anilines is 1. The van der Waals surface area contributed by atoms with Crippen LogP contribution < -0.4 is 5.32 Å². The molecular formula is C27H29ClN4. The van der Waals surface area contributed by atoms with Crippen molar-refractivity contribution in [1.29, 1.82) is 5.41 Å². The largest absolute Gasteiger partial charge is 0.341 e. The van der Waals surface area contributed by atoms with Crippen LogP contribution in [0.3, 0.4) is 0 Å². The van der Waals surface area contributed by atoms with Crippen molar-refractivity contribution in [2.75, 3.05) is 38.5 Å². The minimum absolute atomic E-state index is 0.326. The van der Waals surface area contributed by atoms with Gasteiger partial charge in [-0.2, -0.15) is 0 Å². The molecule has 0 radical (unpaired) electrons. The Hall–Kier alpha value is -2.92. The summed E-state index contributed by atoms with van der Waals surface area (Å²) in [5.41, 5.74) is 5.69. The lowest BCUT2D eigenvalue weighted by atomic mass is 10.0. The molecule has 0 aromatic heterocycles. The van der Waals surface area contributed by atoms with Crippen LogP contribution in [0.15, 0.2) is 78.9 Å². The molecule has 0 atom stereocenters. The van der Waals surface area contributed by atoms with E-state index in [-0.39, 0.29) is 0 Å². The molecule has 0 saturated carbocycles. The molecule has 32 heavy (non-hydrogen) atoms. The van der Waals surface area contributed by atoms with Gasteiger partial charge in [0.05, 0.1) is 0 Å². The third kappa shape index (κ3) is 6.30. The molecule has 1 aliphatic heterocycles. The summed E-state index contributed by atoms with van der Waals surface area (Å²) >= 11 is 5.90. The lowest BCUT2D eigenvalue weighted by Crippen LogP contribution is -2.43. The van der Waals surface area contributed by atoms with Crippen LogP contribution in [0.25, 0.3) is 17.2 Å². The number of piperazine rings is 1. The maximum atomic E-state index is 8.09. The Kier molecular flexibility index (Phi) is 7.38. The summed E-state index contributed by atoms with van der Waals surface area (Å²) in [4.78, 5) is 4.91. The highest BCUT2D eigenvalue weighted by Crippen LogP contribution is 2.22. The van der Waals surface area contributed by atoms with Crippen LogP contribution in [0.2, 0.25) is 5.02 Å². The van der Waals surface area contributed by atoms with Crippen molar-refractivity contribution < 1.29 is 0 Å². The van der Waals surface area contributed by atoms with Crippen molar-refractivity contribution in [3.05, 3.63) is 95.0 Å². The fourth-order valence-electron chi connectivity index (χ4n) is 3.76. The van der Waals surface area contributed by atoms with Gasteiger partial charge in [0.25, 0.3) is 0 Å². The quantitative estimate of drug-likeness (QED) is 0.369. The van der Waals surface area contributed by atoms with E-state index in [0.717, 1.165) is 44.0 Å². The van der Waals surface area contributed by atoms with Crippen molar-refractivity contribution in [3.63, 3.8) is 0 Å². The molecule has 0 unspecified atom stereocenters. The molecule has 5 heteroatoms. The summed E-state index contributed by atoms with van der Waals surface area (Å²) in [5.74, 6) is 0.326. The van der Waals surface area contributed by atoms with Gasteiger partial charge in [0.15, 0.2) is 0 Å². The number of nitrogens with zero attached hydrogens (tertiary/aromatic N) is 2. The van der Waals surface area contributed by atoms with E-state index in [0.29, 0.717) is 10.9 Å². The standard InChI is InChI=1S/C27H29ClN4/c1-31-16-18-32(19-17-31)20-22-4-9-24(10-5-22)23-7-2-21(3-8-23)6-15-27(29)30-26-13-11-25(28)12-14-26/h2-15H,16-20H2,1H3,(H2,29,30)/b15-6+. The first-order valence-electron chi connectivity index (χ1n) is 10.9. The van der Waals surface area contributed by atoms with Gasteiger partial charge in [0.1, 0.15) is 5.84 Å². The predicted molar refractivity (Wildman–Crippen MR) is 136 cm³/mol. The second kappa shape index (κ2) is 10.6. The average Bonchev–Trinajstić information content (AvgIpc) is 2.82. The van der Waals surface area contributed by atoms with Gasteiger partial charge in [0, 0.05) is 43.4 Å². The summed E-state index contributed by atoms with van der Waals surface area (Å²) in [6, 6.07) is 24.7. The Labute approximate surface area is 195 Å². The minimum atomic E-state index is 0.326. The molecule has 0 spiro atoms. The molecule has 2 N–H and O–H groups in total. The summed E-state index contributed by atoms with van der Waals surface area (Å²) in [7, 11) is 2.19. The summed E-state index contributed by atoms with van der Waals surface area (Å²) < 4.78 is 0. The zero-order valence-electron chi connectivity index (χ0n) is 18.4. The number of hydrogen-bond acceptors (Lipinski definition) is 3. The smallest absolute Gasteiger partial charge is 0.122 e. The van der Waals surface area contributed by atoms with Gasteiger partial charge >= 0.3 is 0 Å². The zero-order valence-corrected chi connectivity index (χ0v) is 19.1. The maximum Gasteiger partial charge on any atom is 0.122 e. The number of amidine groups is 1. The van der Waals surface area contributed by atoms with Crippen molar-refractivity contribution in [1.82, 2.24) is 9.80 Å². The van der Waals surface area contributed by atoms with Crippen LogP contribution in [0.1, 0.15) is 11.1 Å². The number of benzene rings is 3. The third-order valence-electron chi connectivity index (χ3n) is 5.77. The molecular weight excluding hydrogens is 416 g/mol. The lowest BCUT2D eigenvalue weighted by molar-refractivity contribution is 0.148. The summed E-state index contributed by atoms with van der Waals surface area (Å²) in [6.45, 7) is 5.60. The molecule has 0 amide bonds. The maximum absolute atomic E-state index is 8.09. The van der Waals surface area contributed by atoms with Gasteiger partial charge in [-0.3, -0.25) is 10.3 Å². The monoisotopic (exact) mass is 444 g/mol. The van der Waals surface area contributed by atoms with Crippen molar-refractivity contribution in [2.45, 2.75) is 6.54 Å². The third-order valence-corrected chi connectivity index (χ3v) is 6.02. The molecule has 3 aromatic carbocycles. The van der Waals surface area contributed by atoms with E-state index in [4.69, 9.17) is 17.0 Å². The van der Waals surface area contributed by atoms with Crippen LogP contribution in [0, 0.1) is 5.41 Å². The Morgan fingerprint density at radius 1 is 0.875 bits per heavy atom. The fraction of sp³-hybridized carbons (Fsp3) is 0.222. The van der Waals surface area contributed by atoms with Gasteiger partial charge in [-0.25, -0.2) is 0 Å². The topological polar surface area (TPSA) is 42.4 Å². The second-order valence-electron chi connectivity index (χ2n) is 8.28. The highest BCUT2D eigenvalue weighted by atomic mass is 35.5. The lowest BCUT2D eigenvalue weighted by Gasteiger charge is -2.32. The van der Waals surface area contributed by atoms with Gasteiger partial charge in [0.2, 0.25) is 0 Å². The van der Waals surface area contributed by atoms with Crippen LogP contribution >= 0.6 is 11.6 Å². The Morgan fingerprint density at radius 3 is 2.09 bits per heavy atom. The number of hydrogen-bond donors (Lipinski definition) is 2. The van der Waals surface area contributed by atoms with E-state index in [9.17, 15) is 0 Å². The Balaban J connectivity index is 1.32. The zero-order chi connectivity index (χ0) is 22.3. The summed E-state index contributed by atoms with van der Waals surface area (Å²) in [6.07, 6.45) is 3.70. The van der Waals surface area contributed by atoms with E-state index < -0.39 is 0 Å². The van der Waals surface area contributed by atoms with Crippen molar-refractivity contribution in [2.24, 2.45) is 0 Å². The van der Waals surface area contributed by atoms with Gasteiger partial charge in [-0.15, -0.1) is 0 Å². The van der Waals surface area contributed by atoms with Gasteiger partial charge in [-0.05, 0) is 59.6 Å². The molecule has 4 rings (SSSR count). The Morgan fingerprint density at radius 2 is 1.47 bits per heavy atom. The van der Waals surface area contributed by atoms with Crippen LogP contribution in [-0.4, -0.2) is 48.9 Å². The first-order chi connectivity index (χ1) is 15.5. The minimum Gasteiger partial charge on any atom is -0.341 e. The average molecular weight is 445 g/mol. The molecule has 0 bridgehead atoms. The van der Waals surface area contributed by atoms with E-state index in [1.165, 1.54) is 16.7 Å². The molecule has 3 aromatic rings. The molecule has 1 heterocycles. The van der Waals surface area contributed by atoms with E-state index >= 15 is 0 Å². The number of likely N-dealkylation sites (N-methyl/N-ethyl adjacent to an activating group) is 1. The van der Waals surface area contributed by atoms with E-state index in [2.05, 4.69) is 70.7 Å². The van der Waals surface area contributed by atoms with Crippen LogP contribution in [0.5, 0.6) is 0 Å².